The lowest BCUT2D eigenvalue weighted by Gasteiger charge is -2.32. The molecule has 0 bridgehead atoms. The van der Waals surface area contributed by atoms with E-state index in [0.29, 0.717) is 5.75 Å². The van der Waals surface area contributed by atoms with E-state index in [1.165, 1.54) is 12.1 Å². The largest absolute Gasteiger partial charge is 0.507 e. The molecule has 0 amide bonds. The molecule has 0 radical (unpaired) electrons. The van der Waals surface area contributed by atoms with Gasteiger partial charge in [0.15, 0.2) is 0 Å². The van der Waals surface area contributed by atoms with Crippen LogP contribution in [0.1, 0.15) is 23.6 Å². The van der Waals surface area contributed by atoms with E-state index in [2.05, 4.69) is 4.98 Å². The van der Waals surface area contributed by atoms with Crippen LogP contribution in [0.4, 0.5) is 4.39 Å². The minimum atomic E-state index is -0.691. The molecular formula is C23H20FNO2. The summed E-state index contributed by atoms with van der Waals surface area (Å²) in [5, 5.41) is 11.8. The molecule has 0 aliphatic heterocycles. The van der Waals surface area contributed by atoms with Gasteiger partial charge in [0.25, 0.3) is 0 Å². The second-order valence-corrected chi connectivity index (χ2v) is 6.76. The number of nitrogens with one attached hydrogen (secondary N) is 1. The maximum absolute atomic E-state index is 13.6. The molecule has 1 heterocycles. The van der Waals surface area contributed by atoms with E-state index >= 15 is 0 Å². The van der Waals surface area contributed by atoms with Gasteiger partial charge < -0.3 is 14.8 Å². The van der Waals surface area contributed by atoms with Gasteiger partial charge in [-0.2, -0.15) is 0 Å². The molecule has 0 unspecified atom stereocenters. The maximum atomic E-state index is 13.6. The molecule has 3 aromatic carbocycles. The van der Waals surface area contributed by atoms with Gasteiger partial charge in [-0.05, 0) is 42.3 Å². The van der Waals surface area contributed by atoms with Crippen LogP contribution in [-0.2, 0) is 5.41 Å². The third-order valence-corrected chi connectivity index (χ3v) is 5.29. The monoisotopic (exact) mass is 361 g/mol. The molecule has 27 heavy (non-hydrogen) atoms. The Bertz CT molecular complexity index is 1100. The molecule has 0 fully saturated rings. The number of phenolic OH excluding ortho intramolecular Hbond substituents is 1. The van der Waals surface area contributed by atoms with Crippen molar-refractivity contribution in [3.8, 4) is 11.5 Å². The van der Waals surface area contributed by atoms with E-state index in [0.717, 1.165) is 27.6 Å². The Hall–Kier alpha value is -3.27. The highest BCUT2D eigenvalue weighted by molar-refractivity contribution is 5.86. The number of hydrogen-bond acceptors (Lipinski definition) is 2. The number of halogens is 1. The first-order valence-corrected chi connectivity index (χ1v) is 8.74. The predicted molar refractivity (Wildman–Crippen MR) is 105 cm³/mol. The van der Waals surface area contributed by atoms with Crippen molar-refractivity contribution in [2.75, 3.05) is 7.11 Å². The van der Waals surface area contributed by atoms with Gasteiger partial charge in [0.2, 0.25) is 0 Å². The zero-order valence-electron chi connectivity index (χ0n) is 15.2. The van der Waals surface area contributed by atoms with E-state index in [-0.39, 0.29) is 11.6 Å². The van der Waals surface area contributed by atoms with Crippen molar-refractivity contribution in [1.82, 2.24) is 4.98 Å². The Balaban J connectivity index is 2.03. The van der Waals surface area contributed by atoms with Gasteiger partial charge in [0.1, 0.15) is 17.3 Å². The minimum absolute atomic E-state index is 0.131. The van der Waals surface area contributed by atoms with Crippen molar-refractivity contribution in [1.29, 1.82) is 0 Å². The average molecular weight is 361 g/mol. The number of methoxy groups -OCH3 is 1. The van der Waals surface area contributed by atoms with Crippen LogP contribution in [0.15, 0.2) is 72.9 Å². The summed E-state index contributed by atoms with van der Waals surface area (Å²) in [5.41, 5.74) is 2.93. The fraction of sp³-hybridized carbons (Fsp3) is 0.130. The van der Waals surface area contributed by atoms with Crippen LogP contribution >= 0.6 is 0 Å². The Morgan fingerprint density at radius 3 is 2.41 bits per heavy atom. The summed E-state index contributed by atoms with van der Waals surface area (Å²) in [7, 11) is 1.56. The van der Waals surface area contributed by atoms with E-state index in [9.17, 15) is 9.50 Å². The molecule has 4 aromatic rings. The van der Waals surface area contributed by atoms with E-state index < -0.39 is 5.41 Å². The normalized spacial score (nSPS) is 13.4. The van der Waals surface area contributed by atoms with Crippen molar-refractivity contribution in [3.63, 3.8) is 0 Å². The van der Waals surface area contributed by atoms with Crippen molar-refractivity contribution >= 4 is 10.9 Å². The number of rotatable bonds is 4. The number of hydrogen-bond donors (Lipinski definition) is 2. The Morgan fingerprint density at radius 2 is 1.70 bits per heavy atom. The van der Waals surface area contributed by atoms with E-state index in [4.69, 9.17) is 4.74 Å². The number of fused-ring (bicyclic) bond motifs is 1. The molecule has 1 atom stereocenters. The molecule has 0 aliphatic carbocycles. The number of H-pyrrole nitrogens is 1. The van der Waals surface area contributed by atoms with Crippen molar-refractivity contribution in [3.05, 3.63) is 95.4 Å². The quantitative estimate of drug-likeness (QED) is 0.513. The number of phenols is 1. The first-order chi connectivity index (χ1) is 13.0. The standard InChI is InChI=1S/C23H20FNO2/c1-23(15-7-9-16(24)10-8-15,19-12-11-17(27-2)13-22(19)26)20-14-25-21-6-4-3-5-18(20)21/h3-14,25-26H,1-2H3/t23-/m1/s1. The van der Waals surface area contributed by atoms with Crippen molar-refractivity contribution in [2.45, 2.75) is 12.3 Å². The highest BCUT2D eigenvalue weighted by Gasteiger charge is 2.35. The molecule has 0 spiro atoms. The van der Waals surface area contributed by atoms with Gasteiger partial charge in [-0.3, -0.25) is 0 Å². The van der Waals surface area contributed by atoms with Crippen LogP contribution in [-0.4, -0.2) is 17.2 Å². The summed E-state index contributed by atoms with van der Waals surface area (Å²) in [5.74, 6) is 0.419. The number of benzene rings is 3. The molecule has 4 rings (SSSR count). The van der Waals surface area contributed by atoms with E-state index in [1.807, 2.05) is 49.5 Å². The Morgan fingerprint density at radius 1 is 0.963 bits per heavy atom. The van der Waals surface area contributed by atoms with Crippen molar-refractivity contribution in [2.24, 2.45) is 0 Å². The molecular weight excluding hydrogens is 341 g/mol. The van der Waals surface area contributed by atoms with Crippen LogP contribution in [0.3, 0.4) is 0 Å². The summed E-state index contributed by atoms with van der Waals surface area (Å²) in [6, 6.07) is 19.7. The van der Waals surface area contributed by atoms with Crippen LogP contribution in [0.25, 0.3) is 10.9 Å². The summed E-state index contributed by atoms with van der Waals surface area (Å²) < 4.78 is 18.8. The lowest BCUT2D eigenvalue weighted by molar-refractivity contribution is 0.404. The number of aromatic amines is 1. The number of aromatic hydroxyl groups is 1. The van der Waals surface area contributed by atoms with Gasteiger partial charge in [-0.15, -0.1) is 0 Å². The highest BCUT2D eigenvalue weighted by Crippen LogP contribution is 2.45. The summed E-state index contributed by atoms with van der Waals surface area (Å²) in [6.07, 6.45) is 1.96. The smallest absolute Gasteiger partial charge is 0.123 e. The topological polar surface area (TPSA) is 45.2 Å². The molecule has 0 aliphatic rings. The van der Waals surface area contributed by atoms with Crippen LogP contribution in [0.5, 0.6) is 11.5 Å². The highest BCUT2D eigenvalue weighted by atomic mass is 19.1. The zero-order chi connectivity index (χ0) is 19.0. The first-order valence-electron chi connectivity index (χ1n) is 8.74. The number of para-hydroxylation sites is 1. The molecule has 0 saturated carbocycles. The van der Waals surface area contributed by atoms with E-state index in [1.54, 1.807) is 25.3 Å². The van der Waals surface area contributed by atoms with Gasteiger partial charge >= 0.3 is 0 Å². The molecule has 136 valence electrons. The summed E-state index contributed by atoms with van der Waals surface area (Å²) in [6.45, 7) is 2.04. The van der Waals surface area contributed by atoms with Crippen LogP contribution < -0.4 is 4.74 Å². The molecule has 0 saturated heterocycles. The Labute approximate surface area is 157 Å². The zero-order valence-corrected chi connectivity index (χ0v) is 15.2. The lowest BCUT2D eigenvalue weighted by atomic mass is 9.70. The molecule has 4 heteroatoms. The van der Waals surface area contributed by atoms with Gasteiger partial charge in [-0.1, -0.05) is 36.4 Å². The molecule has 1 aromatic heterocycles. The van der Waals surface area contributed by atoms with Crippen LogP contribution in [0, 0.1) is 5.82 Å². The molecule has 2 N–H and O–H groups in total. The third kappa shape index (κ3) is 2.74. The maximum Gasteiger partial charge on any atom is 0.123 e. The first kappa shape index (κ1) is 17.2. The number of aromatic nitrogens is 1. The SMILES string of the molecule is COc1ccc([C@@](C)(c2ccc(F)cc2)c2c[nH]c3ccccc23)c(O)c1. The predicted octanol–water partition coefficient (Wildman–Crippen LogP) is 5.38. The second-order valence-electron chi connectivity index (χ2n) is 6.76. The van der Waals surface area contributed by atoms with Crippen LogP contribution in [0.2, 0.25) is 0 Å². The van der Waals surface area contributed by atoms with Gasteiger partial charge in [-0.25, -0.2) is 4.39 Å². The molecule has 3 nitrogen and oxygen atoms in total. The number of ether oxygens (including phenoxy) is 1. The summed E-state index contributed by atoms with van der Waals surface area (Å²) in [4.78, 5) is 3.31. The average Bonchev–Trinajstić information content (AvgIpc) is 3.12. The second kappa shape index (κ2) is 6.47. The fourth-order valence-corrected chi connectivity index (χ4v) is 3.79. The minimum Gasteiger partial charge on any atom is -0.507 e. The lowest BCUT2D eigenvalue weighted by Crippen LogP contribution is -2.25. The Kier molecular flexibility index (Phi) is 4.11. The van der Waals surface area contributed by atoms with Gasteiger partial charge in [0, 0.05) is 34.1 Å². The summed E-state index contributed by atoms with van der Waals surface area (Å²) >= 11 is 0. The fourth-order valence-electron chi connectivity index (χ4n) is 3.79. The van der Waals surface area contributed by atoms with Crippen molar-refractivity contribution < 1.29 is 14.2 Å². The third-order valence-electron chi connectivity index (χ3n) is 5.29. The van der Waals surface area contributed by atoms with Gasteiger partial charge in [0.05, 0.1) is 7.11 Å².